The van der Waals surface area contributed by atoms with E-state index in [1.54, 1.807) is 19.1 Å². The van der Waals surface area contributed by atoms with E-state index in [4.69, 9.17) is 10.1 Å². The van der Waals surface area contributed by atoms with Gasteiger partial charge in [0.1, 0.15) is 7.05 Å². The number of aromatic nitrogens is 1. The van der Waals surface area contributed by atoms with Crippen LogP contribution in [0.25, 0.3) is 11.1 Å². The summed E-state index contributed by atoms with van der Waals surface area (Å²) in [4.78, 5) is 25.4. The van der Waals surface area contributed by atoms with Gasteiger partial charge in [0.05, 0.1) is 13.0 Å². The minimum atomic E-state index is -0.552. The van der Waals surface area contributed by atoms with Crippen molar-refractivity contribution in [3.05, 3.63) is 89.7 Å². The first-order chi connectivity index (χ1) is 15.8. The van der Waals surface area contributed by atoms with E-state index in [0.29, 0.717) is 17.7 Å². The highest BCUT2D eigenvalue weighted by molar-refractivity contribution is 5.96. The van der Waals surface area contributed by atoms with Crippen LogP contribution in [0.3, 0.4) is 0 Å². The molecular weight excluding hydrogens is 414 g/mol. The molecule has 33 heavy (non-hydrogen) atoms. The van der Waals surface area contributed by atoms with Crippen LogP contribution in [-0.2, 0) is 23.0 Å². The van der Waals surface area contributed by atoms with E-state index >= 15 is 0 Å². The predicted octanol–water partition coefficient (Wildman–Crippen LogP) is 3.72. The number of hydrogen-bond donors (Lipinski definition) is 2. The Balaban J connectivity index is 1.73. The highest BCUT2D eigenvalue weighted by atomic mass is 16.5. The number of benzene rings is 2. The molecule has 1 unspecified atom stereocenters. The number of carbonyl (C=O) groups is 2. The highest BCUT2D eigenvalue weighted by Crippen LogP contribution is 2.19. The van der Waals surface area contributed by atoms with Crippen LogP contribution < -0.4 is 9.88 Å². The molecule has 1 heterocycles. The number of esters is 1. The lowest BCUT2D eigenvalue weighted by Gasteiger charge is -2.23. The Labute approximate surface area is 194 Å². The standard InChI is InChI=1S/C27H29N3O3/c1-18(28)23-8-5-7-20(15-23)16-25(27(32)33-4)19(2)29-26(31)22-12-10-21(11-13-22)24-9-6-14-30(3)17-24/h5-15,17,19,25,28H,16H2,1-4H3/p+1/t19?,25-/m1/s1. The van der Waals surface area contributed by atoms with Crippen molar-refractivity contribution in [2.45, 2.75) is 26.3 Å². The molecule has 0 fully saturated rings. The molecule has 6 nitrogen and oxygen atoms in total. The van der Waals surface area contributed by atoms with Gasteiger partial charge in [-0.25, -0.2) is 4.57 Å². The molecule has 2 aromatic carbocycles. The molecule has 0 aliphatic carbocycles. The molecule has 3 aromatic rings. The van der Waals surface area contributed by atoms with E-state index in [2.05, 4.69) is 5.32 Å². The number of hydrogen-bond acceptors (Lipinski definition) is 4. The van der Waals surface area contributed by atoms with Crippen LogP contribution in [-0.4, -0.2) is 30.7 Å². The molecule has 170 valence electrons. The smallest absolute Gasteiger partial charge is 0.311 e. The van der Waals surface area contributed by atoms with Gasteiger partial charge in [-0.3, -0.25) is 9.59 Å². The predicted molar refractivity (Wildman–Crippen MR) is 128 cm³/mol. The van der Waals surface area contributed by atoms with Crippen molar-refractivity contribution in [1.29, 1.82) is 5.41 Å². The third-order valence-corrected chi connectivity index (χ3v) is 5.70. The quantitative estimate of drug-likeness (QED) is 0.316. The topological polar surface area (TPSA) is 83.1 Å². The van der Waals surface area contributed by atoms with Crippen LogP contribution in [0.4, 0.5) is 0 Å². The Bertz CT molecular complexity index is 1160. The largest absolute Gasteiger partial charge is 0.469 e. The van der Waals surface area contributed by atoms with E-state index in [-0.39, 0.29) is 11.9 Å². The fourth-order valence-corrected chi connectivity index (χ4v) is 3.76. The molecule has 0 saturated carbocycles. The van der Waals surface area contributed by atoms with Gasteiger partial charge in [0, 0.05) is 28.9 Å². The van der Waals surface area contributed by atoms with Gasteiger partial charge in [-0.1, -0.05) is 30.3 Å². The summed E-state index contributed by atoms with van der Waals surface area (Å²) in [5, 5.41) is 10.8. The van der Waals surface area contributed by atoms with Crippen LogP contribution in [0.2, 0.25) is 0 Å². The van der Waals surface area contributed by atoms with Crippen LogP contribution >= 0.6 is 0 Å². The Morgan fingerprint density at radius 1 is 1.03 bits per heavy atom. The van der Waals surface area contributed by atoms with Gasteiger partial charge in [-0.2, -0.15) is 0 Å². The Morgan fingerprint density at radius 2 is 1.76 bits per heavy atom. The molecule has 1 aromatic heterocycles. The number of carbonyl (C=O) groups excluding carboxylic acids is 2. The minimum Gasteiger partial charge on any atom is -0.469 e. The van der Waals surface area contributed by atoms with Gasteiger partial charge >= 0.3 is 5.97 Å². The van der Waals surface area contributed by atoms with Gasteiger partial charge in [0.2, 0.25) is 0 Å². The van der Waals surface area contributed by atoms with Crippen molar-refractivity contribution in [1.82, 2.24) is 5.32 Å². The maximum absolute atomic E-state index is 12.9. The summed E-state index contributed by atoms with van der Waals surface area (Å²) in [6, 6.07) is 18.5. The molecule has 2 atom stereocenters. The monoisotopic (exact) mass is 444 g/mol. The van der Waals surface area contributed by atoms with E-state index in [1.165, 1.54) is 7.11 Å². The number of rotatable bonds is 8. The molecular formula is C27H30N3O3+. The van der Waals surface area contributed by atoms with E-state index in [1.807, 2.05) is 79.5 Å². The zero-order valence-corrected chi connectivity index (χ0v) is 19.5. The number of nitrogens with one attached hydrogen (secondary N) is 2. The third kappa shape index (κ3) is 6.13. The van der Waals surface area contributed by atoms with Gasteiger partial charge in [-0.05, 0) is 61.2 Å². The van der Waals surface area contributed by atoms with Gasteiger partial charge in [0.15, 0.2) is 12.4 Å². The zero-order chi connectivity index (χ0) is 24.0. The molecule has 3 rings (SSSR count). The average molecular weight is 445 g/mol. The average Bonchev–Trinajstić information content (AvgIpc) is 2.82. The number of aryl methyl sites for hydroxylation is 1. The lowest BCUT2D eigenvalue weighted by molar-refractivity contribution is -0.671. The second-order valence-electron chi connectivity index (χ2n) is 8.26. The van der Waals surface area contributed by atoms with Gasteiger partial charge in [-0.15, -0.1) is 0 Å². The second-order valence-corrected chi connectivity index (χ2v) is 8.26. The summed E-state index contributed by atoms with van der Waals surface area (Å²) >= 11 is 0. The van der Waals surface area contributed by atoms with Crippen LogP contribution in [0.1, 0.15) is 35.3 Å². The van der Waals surface area contributed by atoms with Gasteiger partial charge in [0.25, 0.3) is 5.91 Å². The molecule has 0 saturated heterocycles. The number of methoxy groups -OCH3 is 1. The van der Waals surface area contributed by atoms with Crippen molar-refractivity contribution in [2.24, 2.45) is 13.0 Å². The van der Waals surface area contributed by atoms with Crippen molar-refractivity contribution in [3.8, 4) is 11.1 Å². The second kappa shape index (κ2) is 10.7. The Kier molecular flexibility index (Phi) is 7.72. The lowest BCUT2D eigenvalue weighted by atomic mass is 9.91. The molecule has 2 N–H and O–H groups in total. The maximum atomic E-state index is 12.9. The zero-order valence-electron chi connectivity index (χ0n) is 19.5. The normalized spacial score (nSPS) is 12.5. The summed E-state index contributed by atoms with van der Waals surface area (Å²) in [6.45, 7) is 3.53. The first-order valence-electron chi connectivity index (χ1n) is 10.9. The number of pyridine rings is 1. The summed E-state index contributed by atoms with van der Waals surface area (Å²) in [5.74, 6) is -1.18. The van der Waals surface area contributed by atoms with Crippen molar-refractivity contribution < 1.29 is 18.9 Å². The van der Waals surface area contributed by atoms with E-state index in [0.717, 1.165) is 22.3 Å². The molecule has 1 amide bonds. The number of amides is 1. The molecule has 0 aliphatic heterocycles. The van der Waals surface area contributed by atoms with Crippen molar-refractivity contribution >= 4 is 17.6 Å². The fourth-order valence-electron chi connectivity index (χ4n) is 3.76. The number of ether oxygens (including phenoxy) is 1. The highest BCUT2D eigenvalue weighted by Gasteiger charge is 2.28. The molecule has 0 aliphatic rings. The third-order valence-electron chi connectivity index (χ3n) is 5.70. The van der Waals surface area contributed by atoms with Crippen molar-refractivity contribution in [3.63, 3.8) is 0 Å². The minimum absolute atomic E-state index is 0.245. The lowest BCUT2D eigenvalue weighted by Crippen LogP contribution is -2.42. The molecule has 6 heteroatoms. The first kappa shape index (κ1) is 23.9. The van der Waals surface area contributed by atoms with Crippen molar-refractivity contribution in [2.75, 3.05) is 7.11 Å². The Hall–Kier alpha value is -3.80. The molecule has 0 spiro atoms. The summed E-state index contributed by atoms with van der Waals surface area (Å²) in [5.41, 5.74) is 4.78. The van der Waals surface area contributed by atoms with Crippen LogP contribution in [0.5, 0.6) is 0 Å². The Morgan fingerprint density at radius 3 is 2.39 bits per heavy atom. The number of nitrogens with zero attached hydrogens (tertiary/aromatic N) is 1. The first-order valence-corrected chi connectivity index (χ1v) is 10.9. The summed E-state index contributed by atoms with van der Waals surface area (Å²) in [6.07, 6.45) is 4.39. The van der Waals surface area contributed by atoms with E-state index < -0.39 is 12.0 Å². The fraction of sp³-hybridized carbons (Fsp3) is 0.259. The summed E-state index contributed by atoms with van der Waals surface area (Å²) < 4.78 is 6.99. The summed E-state index contributed by atoms with van der Waals surface area (Å²) in [7, 11) is 3.32. The van der Waals surface area contributed by atoms with Crippen LogP contribution in [0.15, 0.2) is 73.1 Å². The van der Waals surface area contributed by atoms with Crippen LogP contribution in [0, 0.1) is 11.3 Å². The maximum Gasteiger partial charge on any atom is 0.311 e. The van der Waals surface area contributed by atoms with Gasteiger partial charge < -0.3 is 15.5 Å². The SMILES string of the molecule is COC(=O)[C@H](Cc1cccc(C(C)=N)c1)C(C)NC(=O)c1ccc(-c2ccc[n+](C)c2)cc1. The molecule has 0 bridgehead atoms. The van der Waals surface area contributed by atoms with E-state index in [9.17, 15) is 9.59 Å². The molecule has 0 radical (unpaired) electrons.